The minimum Gasteiger partial charge on any atom is -0.508 e. The maximum atomic E-state index is 12.0. The number of rotatable bonds is 3. The Balaban J connectivity index is 1.57. The molecule has 1 aromatic heterocycles. The maximum Gasteiger partial charge on any atom is 0.317 e. The first-order chi connectivity index (χ1) is 10.7. The van der Waals surface area contributed by atoms with E-state index >= 15 is 0 Å². The molecule has 1 aliphatic heterocycles. The van der Waals surface area contributed by atoms with Crippen LogP contribution in [0.4, 0.5) is 4.79 Å². The molecule has 1 aliphatic rings. The predicted octanol–water partition coefficient (Wildman–Crippen LogP) is 2.06. The molecule has 22 heavy (non-hydrogen) atoms. The predicted molar refractivity (Wildman–Crippen MR) is 83.8 cm³/mol. The summed E-state index contributed by atoms with van der Waals surface area (Å²) in [6.45, 7) is 2.86. The lowest BCUT2D eigenvalue weighted by molar-refractivity contribution is 0.0531. The van der Waals surface area contributed by atoms with Crippen molar-refractivity contribution in [3.63, 3.8) is 0 Å². The van der Waals surface area contributed by atoms with E-state index in [0.717, 1.165) is 16.3 Å². The number of phenols is 1. The number of ether oxygens (including phenoxy) is 1. The molecular weight excluding hydrogens is 302 g/mol. The second kappa shape index (κ2) is 6.76. The van der Waals surface area contributed by atoms with Gasteiger partial charge < -0.3 is 20.1 Å². The zero-order chi connectivity index (χ0) is 15.4. The minimum atomic E-state index is -0.0790. The number of nitrogens with one attached hydrogen (secondary N) is 1. The maximum absolute atomic E-state index is 12.0. The van der Waals surface area contributed by atoms with Crippen molar-refractivity contribution in [2.45, 2.75) is 6.54 Å². The van der Waals surface area contributed by atoms with Crippen LogP contribution in [0.5, 0.6) is 5.75 Å². The van der Waals surface area contributed by atoms with Gasteiger partial charge in [-0.1, -0.05) is 0 Å². The van der Waals surface area contributed by atoms with E-state index in [1.54, 1.807) is 17.0 Å². The molecule has 3 rings (SSSR count). The Morgan fingerprint density at radius 1 is 1.32 bits per heavy atom. The van der Waals surface area contributed by atoms with Crippen LogP contribution in [-0.2, 0) is 11.3 Å². The Kier molecular flexibility index (Phi) is 4.55. The van der Waals surface area contributed by atoms with Gasteiger partial charge in [0.05, 0.1) is 25.5 Å². The molecule has 0 unspecified atom stereocenters. The standard InChI is InChI=1S/C15H17N3O3S/c19-12-3-1-11(2-4-12)13-10-22-14(17-13)9-16-15(20)18-5-7-21-8-6-18/h1-4,10,19H,5-9H2,(H,16,20). The molecule has 6 nitrogen and oxygen atoms in total. The van der Waals surface area contributed by atoms with E-state index in [9.17, 15) is 9.90 Å². The van der Waals surface area contributed by atoms with Crippen molar-refractivity contribution in [3.05, 3.63) is 34.7 Å². The van der Waals surface area contributed by atoms with Gasteiger partial charge in [0.25, 0.3) is 0 Å². The van der Waals surface area contributed by atoms with Gasteiger partial charge in [-0.05, 0) is 24.3 Å². The number of aromatic hydroxyl groups is 1. The summed E-state index contributed by atoms with van der Waals surface area (Å²) in [5.41, 5.74) is 1.79. The third-order valence-corrected chi connectivity index (χ3v) is 4.25. The fourth-order valence-electron chi connectivity index (χ4n) is 2.19. The summed E-state index contributed by atoms with van der Waals surface area (Å²) in [5, 5.41) is 15.0. The first kappa shape index (κ1) is 14.8. The molecule has 1 fully saturated rings. The average Bonchev–Trinajstić information content (AvgIpc) is 3.03. The number of amides is 2. The molecule has 0 atom stereocenters. The highest BCUT2D eigenvalue weighted by Gasteiger charge is 2.16. The fourth-order valence-corrected chi connectivity index (χ4v) is 2.93. The number of thiazole rings is 1. The second-order valence-electron chi connectivity index (χ2n) is 4.93. The minimum absolute atomic E-state index is 0.0790. The van der Waals surface area contributed by atoms with E-state index in [1.165, 1.54) is 11.3 Å². The quantitative estimate of drug-likeness (QED) is 0.908. The van der Waals surface area contributed by atoms with Crippen LogP contribution in [0.25, 0.3) is 11.3 Å². The van der Waals surface area contributed by atoms with Crippen LogP contribution in [0.1, 0.15) is 5.01 Å². The molecule has 2 heterocycles. The van der Waals surface area contributed by atoms with Crippen molar-refractivity contribution < 1.29 is 14.6 Å². The molecule has 1 aromatic carbocycles. The van der Waals surface area contributed by atoms with Crippen LogP contribution < -0.4 is 5.32 Å². The summed E-state index contributed by atoms with van der Waals surface area (Å²) in [5.74, 6) is 0.233. The van der Waals surface area contributed by atoms with Crippen molar-refractivity contribution >= 4 is 17.4 Å². The van der Waals surface area contributed by atoms with Gasteiger partial charge in [0.2, 0.25) is 0 Å². The van der Waals surface area contributed by atoms with Crippen LogP contribution in [0.15, 0.2) is 29.6 Å². The number of aromatic nitrogens is 1. The van der Waals surface area contributed by atoms with Gasteiger partial charge >= 0.3 is 6.03 Å². The monoisotopic (exact) mass is 319 g/mol. The van der Waals surface area contributed by atoms with Gasteiger partial charge in [-0.15, -0.1) is 11.3 Å². The Labute approximate surface area is 132 Å². The SMILES string of the molecule is O=C(NCc1nc(-c2ccc(O)cc2)cs1)N1CCOCC1. The molecule has 0 saturated carbocycles. The highest BCUT2D eigenvalue weighted by Crippen LogP contribution is 2.23. The third kappa shape index (κ3) is 3.55. The molecule has 2 amide bonds. The number of benzene rings is 1. The van der Waals surface area contributed by atoms with Gasteiger partial charge in [-0.25, -0.2) is 9.78 Å². The Hall–Kier alpha value is -2.12. The molecule has 7 heteroatoms. The van der Waals surface area contributed by atoms with Gasteiger partial charge in [0, 0.05) is 24.0 Å². The summed E-state index contributed by atoms with van der Waals surface area (Å²) in [4.78, 5) is 18.2. The van der Waals surface area contributed by atoms with Crippen LogP contribution >= 0.6 is 11.3 Å². The molecule has 116 valence electrons. The molecular formula is C15H17N3O3S. The number of phenolic OH excluding ortho intramolecular Hbond substituents is 1. The lowest BCUT2D eigenvalue weighted by atomic mass is 10.2. The van der Waals surface area contributed by atoms with Crippen LogP contribution in [-0.4, -0.2) is 47.3 Å². The van der Waals surface area contributed by atoms with E-state index < -0.39 is 0 Å². The zero-order valence-corrected chi connectivity index (χ0v) is 12.8. The number of hydrogen-bond acceptors (Lipinski definition) is 5. The van der Waals surface area contributed by atoms with Gasteiger partial charge in [0.15, 0.2) is 0 Å². The number of urea groups is 1. The number of hydrogen-bond donors (Lipinski definition) is 2. The number of nitrogens with zero attached hydrogens (tertiary/aromatic N) is 2. The highest BCUT2D eigenvalue weighted by atomic mass is 32.1. The van der Waals surface area contributed by atoms with E-state index in [-0.39, 0.29) is 11.8 Å². The summed E-state index contributed by atoms with van der Waals surface area (Å²) in [6.07, 6.45) is 0. The zero-order valence-electron chi connectivity index (χ0n) is 12.0. The molecule has 2 N–H and O–H groups in total. The van der Waals surface area contributed by atoms with Gasteiger partial charge in [-0.3, -0.25) is 0 Å². The van der Waals surface area contributed by atoms with Gasteiger partial charge in [0.1, 0.15) is 10.8 Å². The van der Waals surface area contributed by atoms with E-state index in [2.05, 4.69) is 10.3 Å². The van der Waals surface area contributed by atoms with E-state index in [4.69, 9.17) is 4.74 Å². The Bertz CT molecular complexity index is 636. The second-order valence-corrected chi connectivity index (χ2v) is 5.87. The molecule has 0 bridgehead atoms. The first-order valence-corrected chi connectivity index (χ1v) is 7.94. The first-order valence-electron chi connectivity index (χ1n) is 7.07. The van der Waals surface area contributed by atoms with Crippen molar-refractivity contribution in [2.24, 2.45) is 0 Å². The Morgan fingerprint density at radius 3 is 2.77 bits per heavy atom. The van der Waals surface area contributed by atoms with Crippen LogP contribution in [0.2, 0.25) is 0 Å². The third-order valence-electron chi connectivity index (χ3n) is 3.40. The highest BCUT2D eigenvalue weighted by molar-refractivity contribution is 7.09. The molecule has 1 saturated heterocycles. The van der Waals surface area contributed by atoms with Crippen molar-refractivity contribution in [1.82, 2.24) is 15.2 Å². The van der Waals surface area contributed by atoms with Crippen molar-refractivity contribution in [1.29, 1.82) is 0 Å². The molecule has 2 aromatic rings. The Morgan fingerprint density at radius 2 is 2.05 bits per heavy atom. The lowest BCUT2D eigenvalue weighted by Gasteiger charge is -2.26. The van der Waals surface area contributed by atoms with Crippen LogP contribution in [0, 0.1) is 0 Å². The summed E-state index contributed by atoms with van der Waals surface area (Å²) in [7, 11) is 0. The fraction of sp³-hybridized carbons (Fsp3) is 0.333. The topological polar surface area (TPSA) is 74.7 Å². The summed E-state index contributed by atoms with van der Waals surface area (Å²) in [6, 6.07) is 6.83. The number of carbonyl (C=O) groups is 1. The van der Waals surface area contributed by atoms with E-state index in [1.807, 2.05) is 17.5 Å². The van der Waals surface area contributed by atoms with Crippen LogP contribution in [0.3, 0.4) is 0 Å². The van der Waals surface area contributed by atoms with Gasteiger partial charge in [-0.2, -0.15) is 0 Å². The molecule has 0 aliphatic carbocycles. The summed E-state index contributed by atoms with van der Waals surface area (Å²) >= 11 is 1.51. The lowest BCUT2D eigenvalue weighted by Crippen LogP contribution is -2.45. The molecule has 0 radical (unpaired) electrons. The summed E-state index contributed by atoms with van der Waals surface area (Å²) < 4.78 is 5.22. The number of carbonyl (C=O) groups excluding carboxylic acids is 1. The normalized spacial score (nSPS) is 14.8. The van der Waals surface area contributed by atoms with E-state index in [0.29, 0.717) is 32.8 Å². The smallest absolute Gasteiger partial charge is 0.317 e. The van der Waals surface area contributed by atoms with Crippen molar-refractivity contribution in [3.8, 4) is 17.0 Å². The van der Waals surface area contributed by atoms with Crippen molar-refractivity contribution in [2.75, 3.05) is 26.3 Å². The molecule has 0 spiro atoms. The largest absolute Gasteiger partial charge is 0.508 e. The number of morpholine rings is 1. The average molecular weight is 319 g/mol.